The number of anilines is 1. The predicted molar refractivity (Wildman–Crippen MR) is 75.1 cm³/mol. The molecule has 6 nitrogen and oxygen atoms in total. The summed E-state index contributed by atoms with van der Waals surface area (Å²) in [5.74, 6) is -0.774. The molecule has 1 aliphatic rings. The molecule has 2 unspecified atom stereocenters. The number of ether oxygens (including phenoxy) is 1. The van der Waals surface area contributed by atoms with Gasteiger partial charge in [0, 0.05) is 11.7 Å². The van der Waals surface area contributed by atoms with Crippen LogP contribution in [0.4, 0.5) is 5.69 Å². The molecule has 1 aromatic rings. The van der Waals surface area contributed by atoms with Crippen LogP contribution in [0.15, 0.2) is 24.3 Å². The average molecular weight is 277 g/mol. The van der Waals surface area contributed by atoms with Crippen molar-refractivity contribution in [2.45, 2.75) is 12.5 Å². The van der Waals surface area contributed by atoms with Crippen molar-refractivity contribution in [1.82, 2.24) is 5.32 Å². The first kappa shape index (κ1) is 14.5. The first-order valence-electron chi connectivity index (χ1n) is 6.54. The molecule has 0 aromatic heterocycles. The molecule has 2 atom stereocenters. The van der Waals surface area contributed by atoms with Crippen LogP contribution in [-0.2, 0) is 20.7 Å². The van der Waals surface area contributed by atoms with Crippen LogP contribution >= 0.6 is 0 Å². The molecule has 20 heavy (non-hydrogen) atoms. The Morgan fingerprint density at radius 3 is 2.80 bits per heavy atom. The molecule has 0 spiro atoms. The van der Waals surface area contributed by atoms with E-state index in [1.54, 1.807) is 25.2 Å². The van der Waals surface area contributed by atoms with Crippen LogP contribution in [0.2, 0.25) is 0 Å². The van der Waals surface area contributed by atoms with Gasteiger partial charge in [-0.15, -0.1) is 0 Å². The number of primary amides is 1. The maximum absolute atomic E-state index is 12.3. The van der Waals surface area contributed by atoms with E-state index >= 15 is 0 Å². The zero-order chi connectivity index (χ0) is 14.5. The number of hydrogen-bond donors (Lipinski definition) is 3. The molecular weight excluding hydrogens is 258 g/mol. The third-order valence-electron chi connectivity index (χ3n) is 3.43. The van der Waals surface area contributed by atoms with Gasteiger partial charge in [0.15, 0.2) is 0 Å². The Morgan fingerprint density at radius 1 is 1.35 bits per heavy atom. The summed E-state index contributed by atoms with van der Waals surface area (Å²) in [5, 5.41) is 5.92. The average Bonchev–Trinajstić information content (AvgIpc) is 2.88. The number of benzene rings is 1. The van der Waals surface area contributed by atoms with Crippen molar-refractivity contribution in [3.8, 4) is 0 Å². The van der Waals surface area contributed by atoms with Crippen molar-refractivity contribution in [2.75, 3.05) is 25.6 Å². The number of amides is 2. The molecule has 2 rings (SSSR count). The third-order valence-corrected chi connectivity index (χ3v) is 3.43. The van der Waals surface area contributed by atoms with Crippen LogP contribution < -0.4 is 16.4 Å². The van der Waals surface area contributed by atoms with Crippen LogP contribution in [0, 0.1) is 5.92 Å². The molecule has 0 radical (unpaired) electrons. The summed E-state index contributed by atoms with van der Waals surface area (Å²) >= 11 is 0. The molecule has 108 valence electrons. The lowest BCUT2D eigenvalue weighted by Gasteiger charge is -2.17. The maximum atomic E-state index is 12.3. The molecule has 1 aliphatic heterocycles. The second-order valence-corrected chi connectivity index (χ2v) is 4.83. The lowest BCUT2D eigenvalue weighted by Crippen LogP contribution is -2.39. The highest BCUT2D eigenvalue weighted by Gasteiger charge is 2.33. The zero-order valence-electron chi connectivity index (χ0n) is 11.4. The van der Waals surface area contributed by atoms with E-state index in [0.717, 1.165) is 0 Å². The molecule has 0 saturated carbocycles. The van der Waals surface area contributed by atoms with Crippen LogP contribution in [0.1, 0.15) is 5.56 Å². The standard InChI is InChI=1S/C14H19N3O3/c1-16-12-8-20-7-10(12)14(19)17-11-5-3-2-4-9(11)6-13(15)18/h2-5,10,12,16H,6-8H2,1H3,(H2,15,18)(H,17,19). The van der Waals surface area contributed by atoms with Gasteiger partial charge < -0.3 is 21.1 Å². The van der Waals surface area contributed by atoms with Crippen molar-refractivity contribution in [3.05, 3.63) is 29.8 Å². The van der Waals surface area contributed by atoms with Crippen LogP contribution in [0.25, 0.3) is 0 Å². The first-order valence-corrected chi connectivity index (χ1v) is 6.54. The summed E-state index contributed by atoms with van der Waals surface area (Å²) in [4.78, 5) is 23.3. The molecule has 1 aromatic carbocycles. The minimum atomic E-state index is -0.427. The summed E-state index contributed by atoms with van der Waals surface area (Å²) in [6, 6.07) is 7.17. The Bertz CT molecular complexity index is 504. The van der Waals surface area contributed by atoms with Crippen molar-refractivity contribution < 1.29 is 14.3 Å². The van der Waals surface area contributed by atoms with E-state index in [-0.39, 0.29) is 24.3 Å². The van der Waals surface area contributed by atoms with E-state index < -0.39 is 5.91 Å². The third kappa shape index (κ3) is 3.34. The monoisotopic (exact) mass is 277 g/mol. The fourth-order valence-corrected chi connectivity index (χ4v) is 2.31. The Morgan fingerprint density at radius 2 is 2.10 bits per heavy atom. The SMILES string of the molecule is CNC1COCC1C(=O)Nc1ccccc1CC(N)=O. The van der Waals surface area contributed by atoms with Crippen LogP contribution in [0.5, 0.6) is 0 Å². The minimum Gasteiger partial charge on any atom is -0.379 e. The number of rotatable bonds is 5. The van der Waals surface area contributed by atoms with E-state index in [2.05, 4.69) is 10.6 Å². The summed E-state index contributed by atoms with van der Waals surface area (Å²) in [6.07, 6.45) is 0.104. The highest BCUT2D eigenvalue weighted by molar-refractivity contribution is 5.94. The smallest absolute Gasteiger partial charge is 0.231 e. The van der Waals surface area contributed by atoms with Gasteiger partial charge in [-0.05, 0) is 18.7 Å². The predicted octanol–water partition coefficient (Wildman–Crippen LogP) is -0.113. The van der Waals surface area contributed by atoms with Crippen molar-refractivity contribution in [2.24, 2.45) is 11.7 Å². The van der Waals surface area contributed by atoms with Gasteiger partial charge in [-0.2, -0.15) is 0 Å². The highest BCUT2D eigenvalue weighted by Crippen LogP contribution is 2.20. The van der Waals surface area contributed by atoms with E-state index in [1.165, 1.54) is 0 Å². The molecule has 6 heteroatoms. The minimum absolute atomic E-state index is 0.0123. The van der Waals surface area contributed by atoms with Crippen LogP contribution in [-0.4, -0.2) is 38.1 Å². The van der Waals surface area contributed by atoms with Crippen molar-refractivity contribution in [3.63, 3.8) is 0 Å². The molecule has 1 heterocycles. The number of carbonyl (C=O) groups excluding carboxylic acids is 2. The number of nitrogens with one attached hydrogen (secondary N) is 2. The summed E-state index contributed by atoms with van der Waals surface area (Å²) in [7, 11) is 1.81. The van der Waals surface area contributed by atoms with Crippen LogP contribution in [0.3, 0.4) is 0 Å². The van der Waals surface area contributed by atoms with Gasteiger partial charge in [-0.1, -0.05) is 18.2 Å². The van der Waals surface area contributed by atoms with Gasteiger partial charge in [0.1, 0.15) is 0 Å². The number of carbonyl (C=O) groups is 2. The molecule has 1 saturated heterocycles. The lowest BCUT2D eigenvalue weighted by molar-refractivity contribution is -0.120. The first-order chi connectivity index (χ1) is 9.61. The number of likely N-dealkylation sites (N-methyl/N-ethyl adjacent to an activating group) is 1. The topological polar surface area (TPSA) is 93.4 Å². The molecule has 1 fully saturated rings. The Kier molecular flexibility index (Phi) is 4.70. The second-order valence-electron chi connectivity index (χ2n) is 4.83. The van der Waals surface area contributed by atoms with E-state index in [9.17, 15) is 9.59 Å². The van der Waals surface area contributed by atoms with Gasteiger partial charge in [-0.25, -0.2) is 0 Å². The maximum Gasteiger partial charge on any atom is 0.231 e. The number of nitrogens with two attached hydrogens (primary N) is 1. The van der Waals surface area contributed by atoms with Gasteiger partial charge in [0.05, 0.1) is 25.6 Å². The second kappa shape index (κ2) is 6.49. The van der Waals surface area contributed by atoms with E-state index in [0.29, 0.717) is 24.5 Å². The van der Waals surface area contributed by atoms with E-state index in [1.807, 2.05) is 6.07 Å². The lowest BCUT2D eigenvalue weighted by atomic mass is 10.0. The molecular formula is C14H19N3O3. The molecule has 0 bridgehead atoms. The fourth-order valence-electron chi connectivity index (χ4n) is 2.31. The van der Waals surface area contributed by atoms with Crippen molar-refractivity contribution in [1.29, 1.82) is 0 Å². The normalized spacial score (nSPS) is 21.6. The van der Waals surface area contributed by atoms with E-state index in [4.69, 9.17) is 10.5 Å². The Balaban J connectivity index is 2.09. The zero-order valence-corrected chi connectivity index (χ0v) is 11.4. The van der Waals surface area contributed by atoms with Crippen molar-refractivity contribution >= 4 is 17.5 Å². The van der Waals surface area contributed by atoms with Gasteiger partial charge >= 0.3 is 0 Å². The largest absolute Gasteiger partial charge is 0.379 e. The summed E-state index contributed by atoms with van der Waals surface area (Å²) in [5.41, 5.74) is 6.55. The van der Waals surface area contributed by atoms with Gasteiger partial charge in [0.2, 0.25) is 11.8 Å². The number of para-hydroxylation sites is 1. The molecule has 0 aliphatic carbocycles. The van der Waals surface area contributed by atoms with Gasteiger partial charge in [-0.3, -0.25) is 9.59 Å². The molecule has 2 amide bonds. The Hall–Kier alpha value is -1.92. The quantitative estimate of drug-likeness (QED) is 0.700. The summed E-state index contributed by atoms with van der Waals surface area (Å²) in [6.45, 7) is 0.923. The summed E-state index contributed by atoms with van der Waals surface area (Å²) < 4.78 is 5.32. The Labute approximate surface area is 117 Å². The fraction of sp³-hybridized carbons (Fsp3) is 0.429. The van der Waals surface area contributed by atoms with Gasteiger partial charge in [0.25, 0.3) is 0 Å². The highest BCUT2D eigenvalue weighted by atomic mass is 16.5. The molecule has 4 N–H and O–H groups in total. The number of hydrogen-bond acceptors (Lipinski definition) is 4.